The minimum absolute atomic E-state index is 0.0821. The van der Waals surface area contributed by atoms with Gasteiger partial charge in [-0.15, -0.1) is 0 Å². The lowest BCUT2D eigenvalue weighted by atomic mass is 9.59. The van der Waals surface area contributed by atoms with Crippen LogP contribution >= 0.6 is 15.9 Å². The van der Waals surface area contributed by atoms with E-state index in [-0.39, 0.29) is 16.4 Å². The third-order valence-corrected chi connectivity index (χ3v) is 5.83. The summed E-state index contributed by atoms with van der Waals surface area (Å²) < 4.78 is 0.997. The van der Waals surface area contributed by atoms with Crippen LogP contribution in [-0.2, 0) is 0 Å². The summed E-state index contributed by atoms with van der Waals surface area (Å²) in [5.41, 5.74) is 2.16. The van der Waals surface area contributed by atoms with Gasteiger partial charge >= 0.3 is 0 Å². The highest BCUT2D eigenvalue weighted by Crippen LogP contribution is 2.60. The van der Waals surface area contributed by atoms with Crippen molar-refractivity contribution in [1.82, 2.24) is 4.90 Å². The Morgan fingerprint density at radius 1 is 1.14 bits per heavy atom. The highest BCUT2D eigenvalue weighted by molar-refractivity contribution is 9.10. The number of halogens is 1. The van der Waals surface area contributed by atoms with Gasteiger partial charge in [-0.05, 0) is 43.9 Å². The quantitative estimate of drug-likeness (QED) is 0.654. The third kappa shape index (κ3) is 2.20. The summed E-state index contributed by atoms with van der Waals surface area (Å²) in [4.78, 5) is 15.7. The molecule has 1 aliphatic carbocycles. The summed E-state index contributed by atoms with van der Waals surface area (Å²) in [7, 11) is 0. The average Bonchev–Trinajstić information content (AvgIpc) is 2.55. The minimum Gasteiger partial charge on any atom is -0.296 e. The number of benzene rings is 1. The van der Waals surface area contributed by atoms with E-state index in [9.17, 15) is 4.79 Å². The van der Waals surface area contributed by atoms with Crippen LogP contribution < -0.4 is 0 Å². The molecule has 0 N–H and O–H groups in total. The lowest BCUT2D eigenvalue weighted by molar-refractivity contribution is -0.0660. The number of hydrogen-bond acceptors (Lipinski definition) is 2. The summed E-state index contributed by atoms with van der Waals surface area (Å²) in [6.07, 6.45) is 0. The van der Waals surface area contributed by atoms with Crippen LogP contribution in [0.2, 0.25) is 0 Å². The number of ketones is 1. The van der Waals surface area contributed by atoms with Crippen LogP contribution in [0.15, 0.2) is 22.7 Å². The molecule has 1 spiro atoms. The van der Waals surface area contributed by atoms with Crippen molar-refractivity contribution in [2.75, 3.05) is 13.1 Å². The Morgan fingerprint density at radius 2 is 1.73 bits per heavy atom. The van der Waals surface area contributed by atoms with Crippen molar-refractivity contribution in [1.29, 1.82) is 0 Å². The average molecular weight is 364 g/mol. The van der Waals surface area contributed by atoms with Crippen molar-refractivity contribution in [3.8, 4) is 0 Å². The third-order valence-electron chi connectivity index (χ3n) is 5.34. The van der Waals surface area contributed by atoms with E-state index in [0.717, 1.165) is 23.1 Å². The van der Waals surface area contributed by atoms with Crippen molar-refractivity contribution in [3.63, 3.8) is 0 Å². The largest absolute Gasteiger partial charge is 0.296 e. The maximum absolute atomic E-state index is 13.2. The fourth-order valence-corrected chi connectivity index (χ4v) is 4.77. The Bertz CT molecular complexity index is 630. The van der Waals surface area contributed by atoms with Gasteiger partial charge < -0.3 is 0 Å². The molecule has 2 aliphatic rings. The molecule has 1 fully saturated rings. The van der Waals surface area contributed by atoms with Crippen LogP contribution in [0.5, 0.6) is 0 Å². The van der Waals surface area contributed by atoms with Gasteiger partial charge in [0.1, 0.15) is 0 Å². The van der Waals surface area contributed by atoms with Gasteiger partial charge in [0.15, 0.2) is 5.78 Å². The topological polar surface area (TPSA) is 20.3 Å². The molecule has 1 heterocycles. The van der Waals surface area contributed by atoms with E-state index in [4.69, 9.17) is 0 Å². The second-order valence-corrected chi connectivity index (χ2v) is 9.96. The van der Waals surface area contributed by atoms with Gasteiger partial charge in [-0.2, -0.15) is 0 Å². The van der Waals surface area contributed by atoms with Crippen molar-refractivity contribution in [2.45, 2.75) is 53.0 Å². The summed E-state index contributed by atoms with van der Waals surface area (Å²) in [6.45, 7) is 15.3. The van der Waals surface area contributed by atoms with E-state index in [1.165, 1.54) is 5.56 Å². The van der Waals surface area contributed by atoms with E-state index < -0.39 is 0 Å². The smallest absolute Gasteiger partial charge is 0.172 e. The number of Topliss-reactive ketones (excluding diaryl/α,β-unsaturated/α-hetero) is 1. The monoisotopic (exact) mass is 363 g/mol. The van der Waals surface area contributed by atoms with Gasteiger partial charge in [-0.25, -0.2) is 0 Å². The summed E-state index contributed by atoms with van der Waals surface area (Å²) >= 11 is 3.52. The SMILES string of the molecule is CC(C)(C)C1c2ccc(Br)cc2C(=O)C12CN(C(C)(C)C)C2. The predicted octanol–water partition coefficient (Wildman–Crippen LogP) is 4.88. The fraction of sp³-hybridized carbons (Fsp3) is 0.632. The zero-order valence-electron chi connectivity index (χ0n) is 14.5. The predicted molar refractivity (Wildman–Crippen MR) is 94.4 cm³/mol. The summed E-state index contributed by atoms with van der Waals surface area (Å²) in [6, 6.07) is 6.25. The highest BCUT2D eigenvalue weighted by Gasteiger charge is 2.63. The van der Waals surface area contributed by atoms with E-state index in [1.54, 1.807) is 0 Å². The molecule has 1 unspecified atom stereocenters. The Morgan fingerprint density at radius 3 is 2.23 bits per heavy atom. The molecule has 0 amide bonds. The van der Waals surface area contributed by atoms with Crippen LogP contribution in [0.1, 0.15) is 63.4 Å². The first kappa shape index (κ1) is 16.2. The Kier molecular flexibility index (Phi) is 3.44. The molecule has 0 radical (unpaired) electrons. The number of carbonyl (C=O) groups excluding carboxylic acids is 1. The van der Waals surface area contributed by atoms with Crippen molar-refractivity contribution < 1.29 is 4.79 Å². The van der Waals surface area contributed by atoms with E-state index in [2.05, 4.69) is 74.5 Å². The fourth-order valence-electron chi connectivity index (χ4n) is 4.40. The molecule has 1 aromatic rings. The minimum atomic E-state index is -0.228. The van der Waals surface area contributed by atoms with Gasteiger partial charge in [0.25, 0.3) is 0 Å². The number of likely N-dealkylation sites (tertiary alicyclic amines) is 1. The van der Waals surface area contributed by atoms with Crippen molar-refractivity contribution in [2.24, 2.45) is 10.8 Å². The van der Waals surface area contributed by atoms with Crippen molar-refractivity contribution in [3.05, 3.63) is 33.8 Å². The second kappa shape index (κ2) is 4.67. The van der Waals surface area contributed by atoms with Gasteiger partial charge in [-0.1, -0.05) is 42.8 Å². The molecule has 22 heavy (non-hydrogen) atoms. The molecule has 0 aromatic heterocycles. The first-order valence-corrected chi connectivity index (χ1v) is 8.85. The molecular weight excluding hydrogens is 338 g/mol. The Hall–Kier alpha value is -0.670. The molecular formula is C19H26BrNO. The number of fused-ring (bicyclic) bond motifs is 1. The molecule has 1 aliphatic heterocycles. The molecule has 0 saturated carbocycles. The number of rotatable bonds is 0. The maximum Gasteiger partial charge on any atom is 0.172 e. The van der Waals surface area contributed by atoms with Gasteiger partial charge in [0.2, 0.25) is 0 Å². The number of nitrogens with zero attached hydrogens (tertiary/aromatic N) is 1. The Balaban J connectivity index is 2.07. The van der Waals surface area contributed by atoms with Crippen LogP contribution in [0.4, 0.5) is 0 Å². The molecule has 0 bridgehead atoms. The Labute approximate surface area is 142 Å². The summed E-state index contributed by atoms with van der Waals surface area (Å²) in [5.74, 6) is 0.651. The highest BCUT2D eigenvalue weighted by atomic mass is 79.9. The maximum atomic E-state index is 13.2. The molecule has 3 rings (SSSR count). The number of hydrogen-bond donors (Lipinski definition) is 0. The van der Waals surface area contributed by atoms with Crippen LogP contribution in [0, 0.1) is 10.8 Å². The van der Waals surface area contributed by atoms with Crippen LogP contribution in [0.25, 0.3) is 0 Å². The van der Waals surface area contributed by atoms with Crippen molar-refractivity contribution >= 4 is 21.7 Å². The molecule has 1 aromatic carbocycles. The lowest BCUT2D eigenvalue weighted by Gasteiger charge is -2.58. The first-order valence-electron chi connectivity index (χ1n) is 8.06. The molecule has 3 heteroatoms. The molecule has 120 valence electrons. The molecule has 1 saturated heterocycles. The number of carbonyl (C=O) groups is 1. The zero-order valence-corrected chi connectivity index (χ0v) is 16.0. The molecule has 1 atom stereocenters. The van der Waals surface area contributed by atoms with E-state index in [0.29, 0.717) is 11.7 Å². The summed E-state index contributed by atoms with van der Waals surface area (Å²) in [5, 5.41) is 0. The first-order chi connectivity index (χ1) is 9.97. The second-order valence-electron chi connectivity index (χ2n) is 9.04. The zero-order chi connectivity index (χ0) is 16.5. The molecule has 2 nitrogen and oxygen atoms in total. The van der Waals surface area contributed by atoms with E-state index in [1.807, 2.05) is 6.07 Å². The van der Waals surface area contributed by atoms with Gasteiger partial charge in [0.05, 0.1) is 5.41 Å². The van der Waals surface area contributed by atoms with E-state index >= 15 is 0 Å². The van der Waals surface area contributed by atoms with Crippen LogP contribution in [-0.4, -0.2) is 29.3 Å². The van der Waals surface area contributed by atoms with Gasteiger partial charge in [-0.3, -0.25) is 9.69 Å². The lowest BCUT2D eigenvalue weighted by Crippen LogP contribution is -2.67. The van der Waals surface area contributed by atoms with Gasteiger partial charge in [0, 0.05) is 34.6 Å². The standard InChI is InChI=1S/C19H26BrNO/c1-17(2,3)15-13-8-7-12(20)9-14(13)16(22)19(15)10-21(11-19)18(4,5)6/h7-9,15H,10-11H2,1-6H3. The normalized spacial score (nSPS) is 24.5. The van der Waals surface area contributed by atoms with Crippen LogP contribution in [0.3, 0.4) is 0 Å².